The monoisotopic (exact) mass is 559 g/mol. The van der Waals surface area contributed by atoms with Crippen LogP contribution in [-0.4, -0.2) is 51.5 Å². The van der Waals surface area contributed by atoms with Crippen LogP contribution in [0, 0.1) is 22.3 Å². The Labute approximate surface area is 223 Å². The Morgan fingerprint density at radius 3 is 2.64 bits per heavy atom. The predicted molar refractivity (Wildman–Crippen MR) is 139 cm³/mol. The minimum atomic E-state index is -4.59. The van der Waals surface area contributed by atoms with Gasteiger partial charge in [-0.1, -0.05) is 37.3 Å². The van der Waals surface area contributed by atoms with Crippen LogP contribution in [0.1, 0.15) is 42.2 Å². The van der Waals surface area contributed by atoms with E-state index >= 15 is 0 Å². The first-order valence-electron chi connectivity index (χ1n) is 12.3. The fraction of sp³-hybridized carbons (Fsp3) is 0.522. The summed E-state index contributed by atoms with van der Waals surface area (Å²) in [6.07, 6.45) is -2.64. The molecule has 36 heavy (non-hydrogen) atoms. The Bertz CT molecular complexity index is 1310. The number of aliphatic hydroxyl groups excluding tert-OH is 1. The number of benzene rings is 1. The van der Waals surface area contributed by atoms with Crippen LogP contribution in [0.4, 0.5) is 0 Å². The highest BCUT2D eigenvalue weighted by atomic mass is 32.1. The van der Waals surface area contributed by atoms with Crippen molar-refractivity contribution in [1.29, 1.82) is 0 Å². The topological polar surface area (TPSA) is 124 Å². The van der Waals surface area contributed by atoms with Gasteiger partial charge in [0.2, 0.25) is 0 Å². The Morgan fingerprint density at radius 1 is 1.33 bits per heavy atom. The molecule has 1 aliphatic heterocycles. The molecule has 0 amide bonds. The number of carbonyl (C=O) groups excluding carboxylic acids is 1. The summed E-state index contributed by atoms with van der Waals surface area (Å²) in [5, 5.41) is 13.4. The van der Waals surface area contributed by atoms with Crippen molar-refractivity contribution in [3.63, 3.8) is 0 Å². The molecule has 1 aromatic heterocycles. The van der Waals surface area contributed by atoms with Crippen LogP contribution < -0.4 is 9.61 Å². The number of esters is 1. The van der Waals surface area contributed by atoms with E-state index in [4.69, 9.17) is 45.7 Å². The van der Waals surface area contributed by atoms with Crippen LogP contribution in [0.5, 0.6) is 5.75 Å². The summed E-state index contributed by atoms with van der Waals surface area (Å²) < 4.78 is 55.3. The van der Waals surface area contributed by atoms with Crippen molar-refractivity contribution < 1.29 is 35.7 Å². The van der Waals surface area contributed by atoms with E-state index in [1.807, 2.05) is 0 Å². The maximum atomic E-state index is 13.9. The van der Waals surface area contributed by atoms with Crippen LogP contribution in [0.3, 0.4) is 0 Å². The second-order valence-corrected chi connectivity index (χ2v) is 11.1. The zero-order valence-corrected chi connectivity index (χ0v) is 23.1. The molecule has 3 N–H and O–H groups in total. The fourth-order valence-electron chi connectivity index (χ4n) is 3.43. The van der Waals surface area contributed by atoms with Gasteiger partial charge in [-0.3, -0.25) is 13.9 Å². The lowest BCUT2D eigenvalue weighted by Crippen LogP contribution is -2.37. The zero-order chi connectivity index (χ0) is 28.4. The van der Waals surface area contributed by atoms with Crippen LogP contribution >= 0.6 is 32.2 Å². The third kappa shape index (κ3) is 7.10. The zero-order valence-electron chi connectivity index (χ0n) is 22.5. The molecule has 13 heteroatoms. The quantitative estimate of drug-likeness (QED) is 0.216. The average molecular weight is 560 g/mol. The number of nitrogens with one attached hydrogen (secondary N) is 2. The first kappa shape index (κ1) is 25.7. The van der Waals surface area contributed by atoms with Crippen molar-refractivity contribution in [2.24, 2.45) is 5.92 Å². The van der Waals surface area contributed by atoms with Crippen molar-refractivity contribution in [2.45, 2.75) is 65.2 Å². The van der Waals surface area contributed by atoms with E-state index in [0.29, 0.717) is 10.2 Å². The Hall–Kier alpha value is -1.92. The summed E-state index contributed by atoms with van der Waals surface area (Å²) in [7, 11) is -4.59. The molecule has 1 saturated heterocycles. The van der Waals surface area contributed by atoms with Gasteiger partial charge in [0, 0.05) is 17.7 Å². The van der Waals surface area contributed by atoms with Crippen molar-refractivity contribution in [3.05, 3.63) is 51.5 Å². The van der Waals surface area contributed by atoms with Gasteiger partial charge in [0.15, 0.2) is 4.77 Å². The molecule has 0 bridgehead atoms. The minimum Gasteiger partial charge on any atom is -0.462 e. The largest absolute Gasteiger partial charge is 0.462 e. The van der Waals surface area contributed by atoms with E-state index < -0.39 is 56.8 Å². The molecular formula is C23H32N3O7PS2. The van der Waals surface area contributed by atoms with Gasteiger partial charge in [-0.2, -0.15) is 5.09 Å². The van der Waals surface area contributed by atoms with Crippen LogP contribution in [-0.2, 0) is 23.4 Å². The molecule has 3 rings (SSSR count). The Balaban J connectivity index is 1.90. The standard InChI is InChI=1S/C23H32N3O7PS2/c1-13(2)31-22(28)16(5)25-34(29,33-17-9-7-6-8-10-17)30-12-18-19(27)15(4)21(32-18)26-11-14(3)20(35)24-23(26)36/h6-11,13,15-16,18-19,21,27H,12H2,1-5H3,(H,25,29)(H,24,35,36)/t15-,16+,18+,19?,21+,34?/m1/s1/i12D2. The van der Waals surface area contributed by atoms with Gasteiger partial charge in [-0.25, -0.2) is 4.57 Å². The lowest BCUT2D eigenvalue weighted by Gasteiger charge is -2.25. The van der Waals surface area contributed by atoms with Crippen molar-refractivity contribution in [2.75, 3.05) is 6.56 Å². The third-order valence-corrected chi connectivity index (χ3v) is 7.56. The summed E-state index contributed by atoms with van der Waals surface area (Å²) in [6, 6.07) is 6.76. The number of aromatic amines is 1. The smallest absolute Gasteiger partial charge is 0.459 e. The predicted octanol–water partition coefficient (Wildman–Crippen LogP) is 4.61. The number of aliphatic hydroxyl groups is 1. The second kappa shape index (κ2) is 12.1. The molecule has 0 spiro atoms. The maximum absolute atomic E-state index is 13.9. The number of H-pyrrole nitrogens is 1. The van der Waals surface area contributed by atoms with E-state index in [9.17, 15) is 14.5 Å². The molecule has 0 aliphatic carbocycles. The Morgan fingerprint density at radius 2 is 2.00 bits per heavy atom. The summed E-state index contributed by atoms with van der Waals surface area (Å²) in [5.74, 6) is -1.28. The first-order valence-corrected chi connectivity index (χ1v) is 13.7. The van der Waals surface area contributed by atoms with Gasteiger partial charge in [0.25, 0.3) is 0 Å². The first-order chi connectivity index (χ1) is 17.6. The van der Waals surface area contributed by atoms with E-state index in [1.54, 1.807) is 52.1 Å². The summed E-state index contributed by atoms with van der Waals surface area (Å²) in [4.78, 5) is 15.3. The highest BCUT2D eigenvalue weighted by Gasteiger charge is 2.44. The van der Waals surface area contributed by atoms with Crippen molar-refractivity contribution >= 4 is 38.2 Å². The van der Waals surface area contributed by atoms with Gasteiger partial charge < -0.3 is 24.1 Å². The maximum Gasteiger partial charge on any atom is 0.459 e. The number of ether oxygens (including phenoxy) is 2. The van der Waals surface area contributed by atoms with Gasteiger partial charge >= 0.3 is 13.7 Å². The molecular weight excluding hydrogens is 525 g/mol. The van der Waals surface area contributed by atoms with Crippen molar-refractivity contribution in [1.82, 2.24) is 14.6 Å². The lowest BCUT2D eigenvalue weighted by atomic mass is 10.0. The number of aryl methyl sites for hydroxylation is 1. The fourth-order valence-corrected chi connectivity index (χ4v) is 5.26. The number of aromatic nitrogens is 2. The van der Waals surface area contributed by atoms with Crippen LogP contribution in [0.15, 0.2) is 36.5 Å². The van der Waals surface area contributed by atoms with Gasteiger partial charge in [0.1, 0.15) is 28.8 Å². The number of nitrogens with zero attached hydrogens (tertiary/aromatic N) is 1. The third-order valence-electron chi connectivity index (χ3n) is 5.32. The summed E-state index contributed by atoms with van der Waals surface area (Å²) in [5.41, 5.74) is 0.703. The van der Waals surface area contributed by atoms with E-state index in [0.717, 1.165) is 0 Å². The number of rotatable bonds is 10. The van der Waals surface area contributed by atoms with E-state index in [1.165, 1.54) is 23.6 Å². The summed E-state index contributed by atoms with van der Waals surface area (Å²) in [6.45, 7) is 5.28. The molecule has 1 fully saturated rings. The van der Waals surface area contributed by atoms with Gasteiger partial charge in [0.05, 0.1) is 21.5 Å². The molecule has 198 valence electrons. The molecule has 0 radical (unpaired) electrons. The molecule has 0 saturated carbocycles. The highest BCUT2D eigenvalue weighted by Crippen LogP contribution is 2.46. The number of para-hydroxylation sites is 1. The second-order valence-electron chi connectivity index (χ2n) is 8.72. The Kier molecular flexibility index (Phi) is 8.63. The number of hydrogen-bond donors (Lipinski definition) is 3. The minimum absolute atomic E-state index is 0.101. The van der Waals surface area contributed by atoms with Gasteiger partial charge in [-0.05, 0) is 52.0 Å². The molecule has 2 heterocycles. The summed E-state index contributed by atoms with van der Waals surface area (Å²) >= 11 is 10.6. The molecule has 2 aromatic rings. The highest BCUT2D eigenvalue weighted by molar-refractivity contribution is 7.72. The molecule has 1 aromatic carbocycles. The SMILES string of the molecule is [2H]C([2H])(OP(=O)(N[C@@H](C)C(=O)OC(C)C)Oc1ccccc1)[C@@H]1O[C@H](n2cc(C)c(=S)[nH]c2=S)[C@H](C)C1O. The number of carbonyl (C=O) groups is 1. The van der Waals surface area contributed by atoms with E-state index in [-0.39, 0.29) is 10.5 Å². The number of hydrogen-bond acceptors (Lipinski definition) is 9. The molecule has 1 aliphatic rings. The van der Waals surface area contributed by atoms with E-state index in [2.05, 4.69) is 10.1 Å². The normalized spacial score (nSPS) is 25.5. The van der Waals surface area contributed by atoms with Crippen LogP contribution in [0.25, 0.3) is 0 Å². The lowest BCUT2D eigenvalue weighted by molar-refractivity contribution is -0.149. The van der Waals surface area contributed by atoms with Crippen molar-refractivity contribution in [3.8, 4) is 5.75 Å². The van der Waals surface area contributed by atoms with Gasteiger partial charge in [-0.15, -0.1) is 0 Å². The molecule has 6 atom stereocenters. The molecule has 2 unspecified atom stereocenters. The average Bonchev–Trinajstić information content (AvgIpc) is 3.11. The molecule has 10 nitrogen and oxygen atoms in total. The van der Waals surface area contributed by atoms with Crippen LogP contribution in [0.2, 0.25) is 0 Å².